The Hall–Kier alpha value is -1.91. The second-order valence-corrected chi connectivity index (χ2v) is 3.19. The van der Waals surface area contributed by atoms with Gasteiger partial charge in [0.15, 0.2) is 5.82 Å². The Morgan fingerprint density at radius 3 is 2.80 bits per heavy atom. The number of aromatic nitrogens is 4. The lowest BCUT2D eigenvalue weighted by molar-refractivity contribution is 0.768. The van der Waals surface area contributed by atoms with Crippen LogP contribution < -0.4 is 5.32 Å². The quantitative estimate of drug-likeness (QED) is 0.817. The number of rotatable bonds is 3. The van der Waals surface area contributed by atoms with Crippen LogP contribution in [-0.4, -0.2) is 26.3 Å². The zero-order chi connectivity index (χ0) is 10.7. The molecular weight excluding hydrogens is 190 g/mol. The van der Waals surface area contributed by atoms with Crippen molar-refractivity contribution in [2.75, 3.05) is 11.9 Å². The minimum absolute atomic E-state index is 0.799. The molecule has 15 heavy (non-hydrogen) atoms. The molecule has 5 heteroatoms. The smallest absolute Gasteiger partial charge is 0.152 e. The average Bonchev–Trinajstić information content (AvgIpc) is 2.66. The van der Waals surface area contributed by atoms with Gasteiger partial charge in [-0.15, -0.1) is 0 Å². The van der Waals surface area contributed by atoms with Crippen LogP contribution in [0.1, 0.15) is 6.92 Å². The molecule has 5 nitrogen and oxygen atoms in total. The van der Waals surface area contributed by atoms with Crippen LogP contribution in [-0.2, 0) is 7.05 Å². The second kappa shape index (κ2) is 4.08. The molecule has 2 aromatic heterocycles. The number of hydrogen-bond donors (Lipinski definition) is 1. The molecular formula is C10H13N5. The highest BCUT2D eigenvalue weighted by Gasteiger charge is 2.08. The summed E-state index contributed by atoms with van der Waals surface area (Å²) in [6, 6.07) is 0. The van der Waals surface area contributed by atoms with E-state index in [1.54, 1.807) is 23.3 Å². The topological polar surface area (TPSA) is 55.6 Å². The Morgan fingerprint density at radius 1 is 1.33 bits per heavy atom. The van der Waals surface area contributed by atoms with E-state index >= 15 is 0 Å². The highest BCUT2D eigenvalue weighted by atomic mass is 15.2. The summed E-state index contributed by atoms with van der Waals surface area (Å²) in [6.45, 7) is 2.85. The molecule has 0 fully saturated rings. The Kier molecular flexibility index (Phi) is 2.62. The molecule has 0 atom stereocenters. The number of anilines is 1. The molecule has 1 N–H and O–H groups in total. The van der Waals surface area contributed by atoms with Crippen LogP contribution in [0.3, 0.4) is 0 Å². The molecule has 2 heterocycles. The first-order valence-electron chi connectivity index (χ1n) is 4.85. The normalized spacial score (nSPS) is 10.3. The van der Waals surface area contributed by atoms with Crippen LogP contribution in [0, 0.1) is 0 Å². The fraction of sp³-hybridized carbons (Fsp3) is 0.300. The third kappa shape index (κ3) is 1.96. The molecule has 0 bridgehead atoms. The molecule has 0 unspecified atom stereocenters. The van der Waals surface area contributed by atoms with Crippen LogP contribution in [0.5, 0.6) is 0 Å². The van der Waals surface area contributed by atoms with Crippen molar-refractivity contribution in [3.05, 3.63) is 24.8 Å². The molecule has 0 amide bonds. The van der Waals surface area contributed by atoms with Gasteiger partial charge in [0.25, 0.3) is 0 Å². The van der Waals surface area contributed by atoms with Gasteiger partial charge in [-0.25, -0.2) is 4.98 Å². The van der Waals surface area contributed by atoms with Crippen molar-refractivity contribution in [3.8, 4) is 11.3 Å². The van der Waals surface area contributed by atoms with Gasteiger partial charge in [-0.1, -0.05) is 0 Å². The number of aryl methyl sites for hydroxylation is 1. The lowest BCUT2D eigenvalue weighted by atomic mass is 10.2. The Bertz CT molecular complexity index is 449. The summed E-state index contributed by atoms with van der Waals surface area (Å²) in [5.74, 6) is 0.799. The SMILES string of the molecule is CCNc1nccnc1-c1cnn(C)c1. The van der Waals surface area contributed by atoms with E-state index in [1.807, 2.05) is 20.2 Å². The Labute approximate surface area is 88.2 Å². The van der Waals surface area contributed by atoms with E-state index in [9.17, 15) is 0 Å². The molecule has 0 aliphatic heterocycles. The van der Waals surface area contributed by atoms with E-state index in [0.29, 0.717) is 0 Å². The molecule has 78 valence electrons. The minimum Gasteiger partial charge on any atom is -0.369 e. The monoisotopic (exact) mass is 203 g/mol. The van der Waals surface area contributed by atoms with Gasteiger partial charge in [0.1, 0.15) is 5.69 Å². The minimum atomic E-state index is 0.799. The largest absolute Gasteiger partial charge is 0.369 e. The van der Waals surface area contributed by atoms with E-state index in [2.05, 4.69) is 20.4 Å². The zero-order valence-electron chi connectivity index (χ0n) is 8.81. The van der Waals surface area contributed by atoms with Gasteiger partial charge >= 0.3 is 0 Å². The highest BCUT2D eigenvalue weighted by Crippen LogP contribution is 2.21. The van der Waals surface area contributed by atoms with Gasteiger partial charge in [0.05, 0.1) is 6.20 Å². The summed E-state index contributed by atoms with van der Waals surface area (Å²) < 4.78 is 1.75. The summed E-state index contributed by atoms with van der Waals surface area (Å²) in [6.07, 6.45) is 7.07. The predicted molar refractivity (Wildman–Crippen MR) is 58.4 cm³/mol. The Balaban J connectivity index is 2.42. The molecule has 0 aromatic carbocycles. The summed E-state index contributed by atoms with van der Waals surface area (Å²) in [5.41, 5.74) is 1.81. The van der Waals surface area contributed by atoms with Crippen molar-refractivity contribution in [1.82, 2.24) is 19.7 Å². The highest BCUT2D eigenvalue weighted by molar-refractivity contribution is 5.69. The summed E-state index contributed by atoms with van der Waals surface area (Å²) in [4.78, 5) is 8.55. The lowest BCUT2D eigenvalue weighted by Crippen LogP contribution is -2.02. The molecule has 2 rings (SSSR count). The van der Waals surface area contributed by atoms with Crippen molar-refractivity contribution >= 4 is 5.82 Å². The third-order valence-electron chi connectivity index (χ3n) is 2.02. The molecule has 2 aromatic rings. The molecule has 0 saturated carbocycles. The summed E-state index contributed by atoms with van der Waals surface area (Å²) >= 11 is 0. The van der Waals surface area contributed by atoms with Crippen LogP contribution in [0.2, 0.25) is 0 Å². The van der Waals surface area contributed by atoms with Crippen molar-refractivity contribution in [1.29, 1.82) is 0 Å². The van der Waals surface area contributed by atoms with Crippen LogP contribution >= 0.6 is 0 Å². The third-order valence-corrected chi connectivity index (χ3v) is 2.02. The summed E-state index contributed by atoms with van der Waals surface area (Å²) in [5, 5.41) is 7.29. The number of nitrogens with zero attached hydrogens (tertiary/aromatic N) is 4. The van der Waals surface area contributed by atoms with Crippen LogP contribution in [0.15, 0.2) is 24.8 Å². The van der Waals surface area contributed by atoms with Gasteiger partial charge in [0.2, 0.25) is 0 Å². The fourth-order valence-electron chi connectivity index (χ4n) is 1.39. The first-order valence-corrected chi connectivity index (χ1v) is 4.85. The van der Waals surface area contributed by atoms with Crippen molar-refractivity contribution < 1.29 is 0 Å². The standard InChI is InChI=1S/C10H13N5/c1-3-11-10-9(12-4-5-13-10)8-6-14-15(2)7-8/h4-7H,3H2,1-2H3,(H,11,13). The van der Waals surface area contributed by atoms with Crippen LogP contribution in [0.25, 0.3) is 11.3 Å². The maximum atomic E-state index is 4.30. The predicted octanol–water partition coefficient (Wildman–Crippen LogP) is 1.31. The maximum Gasteiger partial charge on any atom is 0.152 e. The second-order valence-electron chi connectivity index (χ2n) is 3.19. The van der Waals surface area contributed by atoms with Gasteiger partial charge < -0.3 is 5.32 Å². The zero-order valence-corrected chi connectivity index (χ0v) is 8.81. The fourth-order valence-corrected chi connectivity index (χ4v) is 1.39. The Morgan fingerprint density at radius 2 is 2.13 bits per heavy atom. The van der Waals surface area contributed by atoms with E-state index in [4.69, 9.17) is 0 Å². The van der Waals surface area contributed by atoms with Crippen molar-refractivity contribution in [2.45, 2.75) is 6.92 Å². The van der Waals surface area contributed by atoms with Gasteiger partial charge in [-0.05, 0) is 6.92 Å². The summed E-state index contributed by atoms with van der Waals surface area (Å²) in [7, 11) is 1.88. The van der Waals surface area contributed by atoms with Crippen molar-refractivity contribution in [2.24, 2.45) is 7.05 Å². The maximum absolute atomic E-state index is 4.30. The average molecular weight is 203 g/mol. The van der Waals surface area contributed by atoms with Gasteiger partial charge in [-0.3, -0.25) is 9.67 Å². The molecule has 0 radical (unpaired) electrons. The van der Waals surface area contributed by atoms with Crippen molar-refractivity contribution in [3.63, 3.8) is 0 Å². The molecule has 0 saturated heterocycles. The van der Waals surface area contributed by atoms with E-state index < -0.39 is 0 Å². The number of hydrogen-bond acceptors (Lipinski definition) is 4. The van der Waals surface area contributed by atoms with E-state index in [0.717, 1.165) is 23.6 Å². The first-order chi connectivity index (χ1) is 7.31. The number of nitrogens with one attached hydrogen (secondary N) is 1. The van der Waals surface area contributed by atoms with E-state index in [-0.39, 0.29) is 0 Å². The molecule has 0 aliphatic rings. The molecule has 0 spiro atoms. The van der Waals surface area contributed by atoms with Gasteiger partial charge in [-0.2, -0.15) is 5.10 Å². The van der Waals surface area contributed by atoms with E-state index in [1.165, 1.54) is 0 Å². The lowest BCUT2D eigenvalue weighted by Gasteiger charge is -2.05. The van der Waals surface area contributed by atoms with Gasteiger partial charge in [0, 0.05) is 37.7 Å². The first kappa shape index (κ1) is 9.64. The van der Waals surface area contributed by atoms with Crippen LogP contribution in [0.4, 0.5) is 5.82 Å². The molecule has 0 aliphatic carbocycles.